The number of hydrogen-bond acceptors (Lipinski definition) is 6. The van der Waals surface area contributed by atoms with Crippen LogP contribution >= 0.6 is 0 Å². The van der Waals surface area contributed by atoms with Gasteiger partial charge >= 0.3 is 0 Å². The van der Waals surface area contributed by atoms with Gasteiger partial charge in [0.2, 0.25) is 5.91 Å². The Balaban J connectivity index is 2.05. The molecule has 3 N–H and O–H groups in total. The molecule has 134 valence electrons. The molecule has 1 aromatic rings. The molecule has 1 amide bonds. The average molecular weight is 337 g/mol. The van der Waals surface area contributed by atoms with Gasteiger partial charge in [0.05, 0.1) is 33.0 Å². The van der Waals surface area contributed by atoms with E-state index in [9.17, 15) is 4.79 Å². The Morgan fingerprint density at radius 2 is 1.96 bits per heavy atom. The van der Waals surface area contributed by atoms with Crippen LogP contribution in [0.4, 0.5) is 0 Å². The molecule has 2 atom stereocenters. The molecule has 0 aliphatic carbocycles. The van der Waals surface area contributed by atoms with Gasteiger partial charge < -0.3 is 25.3 Å². The Kier molecular flexibility index (Phi) is 7.45. The fourth-order valence-electron chi connectivity index (χ4n) is 2.76. The van der Waals surface area contributed by atoms with Crippen LogP contribution in [0.15, 0.2) is 24.3 Å². The van der Waals surface area contributed by atoms with E-state index in [1.165, 1.54) is 7.11 Å². The number of nitrogens with zero attached hydrogens (tertiary/aromatic N) is 1. The summed E-state index contributed by atoms with van der Waals surface area (Å²) < 4.78 is 15.6. The molecule has 1 heterocycles. The van der Waals surface area contributed by atoms with Crippen molar-refractivity contribution >= 4 is 5.91 Å². The first-order valence-corrected chi connectivity index (χ1v) is 8.13. The summed E-state index contributed by atoms with van der Waals surface area (Å²) in [5.41, 5.74) is 6.91. The van der Waals surface area contributed by atoms with E-state index < -0.39 is 6.04 Å². The van der Waals surface area contributed by atoms with E-state index in [1.807, 2.05) is 24.3 Å². The number of nitrogens with one attached hydrogen (secondary N) is 1. The molecular weight excluding hydrogens is 310 g/mol. The molecule has 1 aliphatic rings. The van der Waals surface area contributed by atoms with E-state index in [1.54, 1.807) is 7.11 Å². The lowest BCUT2D eigenvalue weighted by Gasteiger charge is -2.35. The number of ether oxygens (including phenoxy) is 3. The van der Waals surface area contributed by atoms with Gasteiger partial charge in [-0.25, -0.2) is 0 Å². The van der Waals surface area contributed by atoms with E-state index >= 15 is 0 Å². The minimum atomic E-state index is -0.656. The molecule has 0 bridgehead atoms. The topological polar surface area (TPSA) is 86.0 Å². The number of rotatable bonds is 8. The first-order chi connectivity index (χ1) is 11.7. The number of hydrogen-bond donors (Lipinski definition) is 2. The number of carbonyl (C=O) groups excluding carboxylic acids is 1. The molecule has 1 saturated heterocycles. The maximum Gasteiger partial charge on any atom is 0.239 e. The van der Waals surface area contributed by atoms with Crippen molar-refractivity contribution < 1.29 is 19.0 Å². The van der Waals surface area contributed by atoms with E-state index in [2.05, 4.69) is 10.2 Å². The second kappa shape index (κ2) is 9.58. The summed E-state index contributed by atoms with van der Waals surface area (Å²) in [4.78, 5) is 14.4. The molecule has 2 rings (SSSR count). The highest BCUT2D eigenvalue weighted by molar-refractivity contribution is 5.81. The van der Waals surface area contributed by atoms with Gasteiger partial charge in [-0.3, -0.25) is 9.69 Å². The number of carbonyl (C=O) groups is 1. The van der Waals surface area contributed by atoms with Crippen molar-refractivity contribution in [3.63, 3.8) is 0 Å². The number of benzene rings is 1. The van der Waals surface area contributed by atoms with Crippen LogP contribution in [0.1, 0.15) is 11.6 Å². The zero-order chi connectivity index (χ0) is 17.4. The predicted octanol–water partition coefficient (Wildman–Crippen LogP) is 0.158. The van der Waals surface area contributed by atoms with Gasteiger partial charge in [0.15, 0.2) is 0 Å². The Morgan fingerprint density at radius 3 is 2.54 bits per heavy atom. The third-order valence-electron chi connectivity index (χ3n) is 4.14. The Hall–Kier alpha value is -1.67. The van der Waals surface area contributed by atoms with Gasteiger partial charge in [-0.2, -0.15) is 0 Å². The molecule has 7 heteroatoms. The van der Waals surface area contributed by atoms with Crippen molar-refractivity contribution in [1.82, 2.24) is 10.2 Å². The molecule has 0 radical (unpaired) electrons. The zero-order valence-corrected chi connectivity index (χ0v) is 14.4. The highest BCUT2D eigenvalue weighted by atomic mass is 16.5. The third-order valence-corrected chi connectivity index (χ3v) is 4.14. The lowest BCUT2D eigenvalue weighted by Crippen LogP contribution is -2.48. The average Bonchev–Trinajstić information content (AvgIpc) is 2.63. The molecule has 0 spiro atoms. The summed E-state index contributed by atoms with van der Waals surface area (Å²) in [6.45, 7) is 3.75. The molecule has 1 aromatic carbocycles. The molecule has 7 nitrogen and oxygen atoms in total. The minimum absolute atomic E-state index is 0.0681. The summed E-state index contributed by atoms with van der Waals surface area (Å²) in [6.07, 6.45) is 0. The van der Waals surface area contributed by atoms with Crippen molar-refractivity contribution in [2.45, 2.75) is 12.1 Å². The van der Waals surface area contributed by atoms with Crippen LogP contribution in [0.5, 0.6) is 5.75 Å². The fourth-order valence-corrected chi connectivity index (χ4v) is 2.76. The standard InChI is InChI=1S/C17H27N3O4/c1-22-12-15(18)17(21)19-11-16(20-7-9-24-10-8-20)13-3-5-14(23-2)6-4-13/h3-6,15-16H,7-12,18H2,1-2H3,(H,19,21). The number of nitrogens with two attached hydrogens (primary N) is 1. The largest absolute Gasteiger partial charge is 0.497 e. The van der Waals surface area contributed by atoms with E-state index in [0.29, 0.717) is 19.8 Å². The summed E-state index contributed by atoms with van der Waals surface area (Å²) in [5, 5.41) is 2.93. The smallest absolute Gasteiger partial charge is 0.239 e. The van der Waals surface area contributed by atoms with Gasteiger partial charge in [-0.05, 0) is 17.7 Å². The third kappa shape index (κ3) is 5.17. The Bertz CT molecular complexity index is 503. The van der Waals surface area contributed by atoms with Crippen LogP contribution in [0.2, 0.25) is 0 Å². The first kappa shape index (κ1) is 18.7. The molecular formula is C17H27N3O4. The van der Waals surface area contributed by atoms with E-state index in [4.69, 9.17) is 19.9 Å². The SMILES string of the molecule is COCC(N)C(=O)NCC(c1ccc(OC)cc1)N1CCOCC1. The monoisotopic (exact) mass is 337 g/mol. The number of methoxy groups -OCH3 is 2. The molecule has 1 fully saturated rings. The summed E-state index contributed by atoms with van der Waals surface area (Å²) in [5.74, 6) is 0.606. The second-order valence-electron chi connectivity index (χ2n) is 5.74. The first-order valence-electron chi connectivity index (χ1n) is 8.13. The van der Waals surface area contributed by atoms with Crippen molar-refractivity contribution in [2.24, 2.45) is 5.73 Å². The van der Waals surface area contributed by atoms with Gasteiger partial charge in [-0.15, -0.1) is 0 Å². The van der Waals surface area contributed by atoms with Crippen molar-refractivity contribution in [3.8, 4) is 5.75 Å². The van der Waals surface area contributed by atoms with Crippen LogP contribution in [0.25, 0.3) is 0 Å². The highest BCUT2D eigenvalue weighted by Crippen LogP contribution is 2.23. The fraction of sp³-hybridized carbons (Fsp3) is 0.588. The zero-order valence-electron chi connectivity index (χ0n) is 14.4. The predicted molar refractivity (Wildman–Crippen MR) is 91.0 cm³/mol. The van der Waals surface area contributed by atoms with Crippen LogP contribution in [0.3, 0.4) is 0 Å². The quantitative estimate of drug-likeness (QED) is 0.703. The van der Waals surface area contributed by atoms with Gasteiger partial charge in [0.25, 0.3) is 0 Å². The van der Waals surface area contributed by atoms with E-state index in [0.717, 1.165) is 24.4 Å². The molecule has 1 aliphatic heterocycles. The lowest BCUT2D eigenvalue weighted by molar-refractivity contribution is -0.123. The molecule has 0 aromatic heterocycles. The molecule has 2 unspecified atom stereocenters. The van der Waals surface area contributed by atoms with Gasteiger partial charge in [-0.1, -0.05) is 12.1 Å². The molecule has 24 heavy (non-hydrogen) atoms. The maximum atomic E-state index is 12.1. The van der Waals surface area contributed by atoms with E-state index in [-0.39, 0.29) is 18.6 Å². The van der Waals surface area contributed by atoms with Crippen LogP contribution in [-0.2, 0) is 14.3 Å². The van der Waals surface area contributed by atoms with Crippen LogP contribution < -0.4 is 15.8 Å². The number of morpholine rings is 1. The highest BCUT2D eigenvalue weighted by Gasteiger charge is 2.24. The normalized spacial score (nSPS) is 18.0. The summed E-state index contributed by atoms with van der Waals surface area (Å²) in [7, 11) is 3.17. The molecule has 0 saturated carbocycles. The van der Waals surface area contributed by atoms with Gasteiger partial charge in [0, 0.05) is 26.7 Å². The Labute approximate surface area is 143 Å². The van der Waals surface area contributed by atoms with Crippen molar-refractivity contribution in [3.05, 3.63) is 29.8 Å². The maximum absolute atomic E-state index is 12.1. The summed E-state index contributed by atoms with van der Waals surface area (Å²) in [6, 6.07) is 7.33. The Morgan fingerprint density at radius 1 is 1.29 bits per heavy atom. The van der Waals surface area contributed by atoms with Crippen LogP contribution in [0, 0.1) is 0 Å². The lowest BCUT2D eigenvalue weighted by atomic mass is 10.0. The van der Waals surface area contributed by atoms with Crippen LogP contribution in [-0.4, -0.2) is 70.5 Å². The number of amides is 1. The van der Waals surface area contributed by atoms with Crippen molar-refractivity contribution in [1.29, 1.82) is 0 Å². The second-order valence-corrected chi connectivity index (χ2v) is 5.74. The van der Waals surface area contributed by atoms with Crippen molar-refractivity contribution in [2.75, 3.05) is 53.7 Å². The summed E-state index contributed by atoms with van der Waals surface area (Å²) >= 11 is 0. The minimum Gasteiger partial charge on any atom is -0.497 e. The van der Waals surface area contributed by atoms with Gasteiger partial charge in [0.1, 0.15) is 11.8 Å².